The average Bonchev–Trinajstić information content (AvgIpc) is 3.03. The number of nitrogens with zero attached hydrogens (tertiary/aromatic N) is 1. The van der Waals surface area contributed by atoms with Crippen LogP contribution in [0.4, 0.5) is 4.79 Å². The Kier molecular flexibility index (Phi) is 4.60. The summed E-state index contributed by atoms with van der Waals surface area (Å²) in [4.78, 5) is 14.5. The van der Waals surface area contributed by atoms with Gasteiger partial charge in [0.15, 0.2) is 0 Å². The van der Waals surface area contributed by atoms with Crippen LogP contribution in [-0.2, 0) is 16.0 Å². The van der Waals surface area contributed by atoms with Gasteiger partial charge in [0.05, 0.1) is 12.1 Å². The number of hydrogen-bond acceptors (Lipinski definition) is 4. The van der Waals surface area contributed by atoms with E-state index in [4.69, 9.17) is 9.47 Å². The number of hydrogen-bond donors (Lipinski definition) is 1. The van der Waals surface area contributed by atoms with Crippen molar-refractivity contribution in [3.05, 3.63) is 35.9 Å². The number of carbonyl (C=O) groups is 1. The summed E-state index contributed by atoms with van der Waals surface area (Å²) in [6.07, 6.45) is 0.717. The van der Waals surface area contributed by atoms with Gasteiger partial charge in [-0.3, -0.25) is 4.90 Å². The topological polar surface area (TPSA) is 50.8 Å². The summed E-state index contributed by atoms with van der Waals surface area (Å²) < 4.78 is 11.3. The number of rotatable bonds is 3. The third-order valence-corrected chi connectivity index (χ3v) is 4.33. The van der Waals surface area contributed by atoms with Crippen LogP contribution in [0.5, 0.6) is 0 Å². The molecule has 0 bridgehead atoms. The van der Waals surface area contributed by atoms with E-state index < -0.39 is 5.60 Å². The quantitative estimate of drug-likeness (QED) is 0.930. The summed E-state index contributed by atoms with van der Waals surface area (Å²) in [6, 6.07) is 10.8. The first-order valence-electron chi connectivity index (χ1n) is 8.31. The highest BCUT2D eigenvalue weighted by Gasteiger charge is 2.46. The second-order valence-electron chi connectivity index (χ2n) is 7.36. The number of carbonyl (C=O) groups excluding carboxylic acids is 1. The van der Waals surface area contributed by atoms with Crippen molar-refractivity contribution >= 4 is 6.09 Å². The van der Waals surface area contributed by atoms with Crippen molar-refractivity contribution in [2.24, 2.45) is 0 Å². The number of ether oxygens (including phenoxy) is 2. The Morgan fingerprint density at radius 1 is 1.35 bits per heavy atom. The van der Waals surface area contributed by atoms with E-state index in [0.29, 0.717) is 6.04 Å². The summed E-state index contributed by atoms with van der Waals surface area (Å²) in [5.41, 5.74) is 0.804. The van der Waals surface area contributed by atoms with Crippen LogP contribution in [0.3, 0.4) is 0 Å². The number of nitrogens with one attached hydrogen (secondary N) is 1. The average molecular weight is 318 g/mol. The maximum Gasteiger partial charge on any atom is 0.408 e. The van der Waals surface area contributed by atoms with Gasteiger partial charge in [-0.1, -0.05) is 30.3 Å². The Hall–Kier alpha value is -1.59. The first kappa shape index (κ1) is 16.3. The summed E-state index contributed by atoms with van der Waals surface area (Å²) in [6.45, 7) is 8.06. The molecule has 23 heavy (non-hydrogen) atoms. The van der Waals surface area contributed by atoms with Crippen molar-refractivity contribution in [1.82, 2.24) is 10.2 Å². The maximum absolute atomic E-state index is 12.1. The predicted octanol–water partition coefficient (Wildman–Crippen LogP) is 2.55. The molecule has 0 unspecified atom stereocenters. The molecule has 1 aromatic rings. The Labute approximate surface area is 137 Å². The largest absolute Gasteiger partial charge is 0.444 e. The molecular weight excluding hydrogens is 292 g/mol. The van der Waals surface area contributed by atoms with Crippen molar-refractivity contribution in [2.75, 3.05) is 13.2 Å². The zero-order chi connectivity index (χ0) is 16.4. The monoisotopic (exact) mass is 318 g/mol. The van der Waals surface area contributed by atoms with E-state index in [0.717, 1.165) is 26.1 Å². The molecule has 1 N–H and O–H groups in total. The molecule has 0 spiro atoms. The molecule has 2 fully saturated rings. The Balaban J connectivity index is 1.63. The van der Waals surface area contributed by atoms with E-state index in [2.05, 4.69) is 34.5 Å². The lowest BCUT2D eigenvalue weighted by Crippen LogP contribution is -2.45. The fourth-order valence-corrected chi connectivity index (χ4v) is 3.45. The van der Waals surface area contributed by atoms with Crippen molar-refractivity contribution in [3.8, 4) is 0 Å². The van der Waals surface area contributed by atoms with Gasteiger partial charge in [0.1, 0.15) is 5.60 Å². The van der Waals surface area contributed by atoms with Gasteiger partial charge >= 0.3 is 6.09 Å². The van der Waals surface area contributed by atoms with Gasteiger partial charge in [0.2, 0.25) is 0 Å². The van der Waals surface area contributed by atoms with E-state index in [9.17, 15) is 4.79 Å². The lowest BCUT2D eigenvalue weighted by molar-refractivity contribution is 0.0409. The van der Waals surface area contributed by atoms with Crippen LogP contribution in [0, 0.1) is 0 Å². The molecule has 1 aromatic carbocycles. The Morgan fingerprint density at radius 3 is 2.78 bits per heavy atom. The van der Waals surface area contributed by atoms with Crippen molar-refractivity contribution in [1.29, 1.82) is 0 Å². The molecule has 126 valence electrons. The highest BCUT2D eigenvalue weighted by Crippen LogP contribution is 2.30. The lowest BCUT2D eigenvalue weighted by Gasteiger charge is -2.23. The van der Waals surface area contributed by atoms with Crippen LogP contribution in [0.1, 0.15) is 32.8 Å². The minimum absolute atomic E-state index is 0.0129. The van der Waals surface area contributed by atoms with E-state index in [1.54, 1.807) is 0 Å². The van der Waals surface area contributed by atoms with Gasteiger partial charge in [-0.25, -0.2) is 4.79 Å². The Morgan fingerprint density at radius 2 is 2.09 bits per heavy atom. The molecule has 2 heterocycles. The van der Waals surface area contributed by atoms with Crippen LogP contribution in [0.15, 0.2) is 30.3 Å². The third kappa shape index (κ3) is 4.03. The van der Waals surface area contributed by atoms with Gasteiger partial charge in [0, 0.05) is 25.7 Å². The summed E-state index contributed by atoms with van der Waals surface area (Å²) in [5, 5.41) is 2.99. The normalized spacial score (nSPS) is 27.7. The second kappa shape index (κ2) is 6.49. The van der Waals surface area contributed by atoms with Crippen LogP contribution in [0.25, 0.3) is 0 Å². The molecule has 2 saturated heterocycles. The number of amides is 1. The van der Waals surface area contributed by atoms with Gasteiger partial charge in [-0.05, 0) is 32.8 Å². The van der Waals surface area contributed by atoms with Crippen LogP contribution in [-0.4, -0.2) is 47.9 Å². The van der Waals surface area contributed by atoms with Crippen molar-refractivity contribution in [2.45, 2.75) is 57.5 Å². The van der Waals surface area contributed by atoms with E-state index in [-0.39, 0.29) is 18.2 Å². The number of alkyl carbamates (subject to hydrolysis) is 1. The van der Waals surface area contributed by atoms with E-state index in [1.807, 2.05) is 26.8 Å². The Bertz CT molecular complexity index is 541. The first-order chi connectivity index (χ1) is 10.9. The molecule has 5 heteroatoms. The third-order valence-electron chi connectivity index (χ3n) is 4.33. The molecule has 2 aliphatic rings. The molecule has 1 amide bonds. The van der Waals surface area contributed by atoms with E-state index in [1.165, 1.54) is 5.56 Å². The first-order valence-corrected chi connectivity index (χ1v) is 8.31. The molecule has 0 aliphatic carbocycles. The molecule has 3 rings (SSSR count). The van der Waals surface area contributed by atoms with Gasteiger partial charge in [0.25, 0.3) is 0 Å². The minimum atomic E-state index is -0.484. The number of fused-ring (bicyclic) bond motifs is 1. The summed E-state index contributed by atoms with van der Waals surface area (Å²) in [5.74, 6) is 0. The highest BCUT2D eigenvalue weighted by molar-refractivity contribution is 5.68. The van der Waals surface area contributed by atoms with Crippen molar-refractivity contribution < 1.29 is 14.3 Å². The zero-order valence-corrected chi connectivity index (χ0v) is 14.1. The standard InChI is InChI=1S/C18H26N2O3/c1-18(2,3)23-17(21)19-14-12-20(15-9-10-22-16(14)15)11-13-7-5-4-6-8-13/h4-8,14-16H,9-12H2,1-3H3,(H,19,21)/t14-,15+,16+/m1/s1. The fourth-order valence-electron chi connectivity index (χ4n) is 3.45. The zero-order valence-electron chi connectivity index (χ0n) is 14.1. The molecule has 0 aromatic heterocycles. The van der Waals surface area contributed by atoms with Crippen molar-refractivity contribution in [3.63, 3.8) is 0 Å². The van der Waals surface area contributed by atoms with E-state index >= 15 is 0 Å². The van der Waals surface area contributed by atoms with Crippen LogP contribution >= 0.6 is 0 Å². The molecule has 3 atom stereocenters. The maximum atomic E-state index is 12.1. The predicted molar refractivity (Wildman–Crippen MR) is 88.2 cm³/mol. The second-order valence-corrected chi connectivity index (χ2v) is 7.36. The van der Waals surface area contributed by atoms with Gasteiger partial charge in [-0.2, -0.15) is 0 Å². The van der Waals surface area contributed by atoms with Crippen LogP contribution < -0.4 is 5.32 Å². The SMILES string of the molecule is CC(C)(C)OC(=O)N[C@@H]1CN(Cc2ccccc2)[C@H]2CCO[C@@H]12. The minimum Gasteiger partial charge on any atom is -0.444 e. The molecule has 5 nitrogen and oxygen atoms in total. The lowest BCUT2D eigenvalue weighted by atomic mass is 10.1. The molecule has 2 aliphatic heterocycles. The molecular formula is C18H26N2O3. The van der Waals surface area contributed by atoms with Gasteiger partial charge < -0.3 is 14.8 Å². The summed E-state index contributed by atoms with van der Waals surface area (Å²) >= 11 is 0. The molecule has 0 saturated carbocycles. The van der Waals surface area contributed by atoms with Gasteiger partial charge in [-0.15, -0.1) is 0 Å². The number of benzene rings is 1. The summed E-state index contributed by atoms with van der Waals surface area (Å²) in [7, 11) is 0. The highest BCUT2D eigenvalue weighted by atomic mass is 16.6. The number of likely N-dealkylation sites (tertiary alicyclic amines) is 1. The fraction of sp³-hybridized carbons (Fsp3) is 0.611. The van der Waals surface area contributed by atoms with Crippen LogP contribution in [0.2, 0.25) is 0 Å². The smallest absolute Gasteiger partial charge is 0.408 e. The molecule has 0 radical (unpaired) electrons.